The summed E-state index contributed by atoms with van der Waals surface area (Å²) in [7, 11) is 0. The highest BCUT2D eigenvalue weighted by atomic mass is 35.5. The van der Waals surface area contributed by atoms with E-state index < -0.39 is 4.92 Å². The van der Waals surface area contributed by atoms with Crippen LogP contribution >= 0.6 is 35.0 Å². The van der Waals surface area contributed by atoms with Crippen LogP contribution in [0.3, 0.4) is 0 Å². The number of thioether (sulfide) groups is 1. The highest BCUT2D eigenvalue weighted by Crippen LogP contribution is 2.29. The topological polar surface area (TPSA) is 115 Å². The number of nitro groups is 1. The number of nitrogens with one attached hydrogen (secondary N) is 1. The average Bonchev–Trinajstić information content (AvgIpc) is 3.28. The standard InChI is InChI=1S/C24H18Cl2N6O3S/c1-15-2-5-17(6-3-15)23-29-30-24(31(23)19-9-7-18(25)8-10-19)36-14-22(33)28-27-13-16-4-11-20(26)21(12-16)32(34)35/h2-13H,14H2,1H3,(H,28,33)/b27-13+. The van der Waals surface area contributed by atoms with Crippen molar-refractivity contribution in [2.45, 2.75) is 12.1 Å². The normalized spacial score (nSPS) is 11.1. The molecular weight excluding hydrogens is 523 g/mol. The van der Waals surface area contributed by atoms with E-state index in [1.54, 1.807) is 18.2 Å². The van der Waals surface area contributed by atoms with E-state index in [0.29, 0.717) is 21.6 Å². The highest BCUT2D eigenvalue weighted by molar-refractivity contribution is 7.99. The fourth-order valence-electron chi connectivity index (χ4n) is 3.17. The Morgan fingerprint density at radius 3 is 2.53 bits per heavy atom. The third kappa shape index (κ3) is 6.09. The molecule has 0 saturated carbocycles. The number of nitrogens with zero attached hydrogens (tertiary/aromatic N) is 5. The molecule has 0 bridgehead atoms. The van der Waals surface area contributed by atoms with Crippen molar-refractivity contribution >= 4 is 52.8 Å². The second kappa shape index (κ2) is 11.3. The van der Waals surface area contributed by atoms with Crippen LogP contribution in [0.4, 0.5) is 5.69 Å². The molecule has 12 heteroatoms. The first-order chi connectivity index (χ1) is 17.3. The van der Waals surface area contributed by atoms with Crippen LogP contribution in [0.2, 0.25) is 10.0 Å². The summed E-state index contributed by atoms with van der Waals surface area (Å²) in [6, 6.07) is 19.4. The van der Waals surface area contributed by atoms with Crippen LogP contribution in [-0.2, 0) is 4.79 Å². The van der Waals surface area contributed by atoms with Crippen molar-refractivity contribution in [2.24, 2.45) is 5.10 Å². The fraction of sp³-hybridized carbons (Fsp3) is 0.0833. The molecule has 1 amide bonds. The Kier molecular flexibility index (Phi) is 7.99. The number of amides is 1. The summed E-state index contributed by atoms with van der Waals surface area (Å²) in [5.41, 5.74) is 5.38. The van der Waals surface area contributed by atoms with Crippen molar-refractivity contribution in [2.75, 3.05) is 5.75 Å². The van der Waals surface area contributed by atoms with Crippen molar-refractivity contribution in [1.29, 1.82) is 0 Å². The van der Waals surface area contributed by atoms with Gasteiger partial charge in [-0.15, -0.1) is 10.2 Å². The number of carbonyl (C=O) groups excluding carboxylic acids is 1. The number of aryl methyl sites for hydroxylation is 1. The quantitative estimate of drug-likeness (QED) is 0.132. The first kappa shape index (κ1) is 25.4. The SMILES string of the molecule is Cc1ccc(-c2nnc(SCC(=O)N/N=C/c3ccc(Cl)c([N+](=O)[O-])c3)n2-c2ccc(Cl)cc2)cc1. The molecule has 0 saturated heterocycles. The average molecular weight is 541 g/mol. The first-order valence-corrected chi connectivity index (χ1v) is 12.2. The Morgan fingerprint density at radius 1 is 1.11 bits per heavy atom. The molecule has 0 atom stereocenters. The van der Waals surface area contributed by atoms with Gasteiger partial charge in [-0.1, -0.05) is 70.9 Å². The first-order valence-electron chi connectivity index (χ1n) is 10.5. The summed E-state index contributed by atoms with van der Waals surface area (Å²) in [5, 5.41) is 24.7. The maximum atomic E-state index is 12.4. The molecular formula is C24H18Cl2N6O3S. The lowest BCUT2D eigenvalue weighted by molar-refractivity contribution is -0.384. The number of carbonyl (C=O) groups is 1. The number of nitro benzene ring substituents is 1. The zero-order valence-corrected chi connectivity index (χ0v) is 21.1. The van der Waals surface area contributed by atoms with Gasteiger partial charge < -0.3 is 0 Å². The molecule has 0 unspecified atom stereocenters. The molecule has 3 aromatic carbocycles. The molecule has 0 fully saturated rings. The lowest BCUT2D eigenvalue weighted by atomic mass is 10.1. The molecule has 36 heavy (non-hydrogen) atoms. The molecule has 4 aromatic rings. The molecule has 1 heterocycles. The second-order valence-corrected chi connectivity index (χ2v) is 9.32. The number of halogens is 2. The van der Waals surface area contributed by atoms with Gasteiger partial charge in [0, 0.05) is 27.9 Å². The van der Waals surface area contributed by atoms with E-state index in [1.165, 1.54) is 30.1 Å². The van der Waals surface area contributed by atoms with Crippen LogP contribution in [0, 0.1) is 17.0 Å². The smallest absolute Gasteiger partial charge is 0.272 e. The summed E-state index contributed by atoms with van der Waals surface area (Å²) in [6.07, 6.45) is 1.30. The number of hydrogen-bond donors (Lipinski definition) is 1. The predicted octanol–water partition coefficient (Wildman–Crippen LogP) is 5.70. The Hall–Kier alpha value is -3.73. The molecule has 0 spiro atoms. The van der Waals surface area contributed by atoms with E-state index in [1.807, 2.05) is 47.9 Å². The zero-order valence-electron chi connectivity index (χ0n) is 18.8. The van der Waals surface area contributed by atoms with Gasteiger partial charge in [-0.2, -0.15) is 5.10 Å². The fourth-order valence-corrected chi connectivity index (χ4v) is 4.22. The Labute approximate surface area is 220 Å². The summed E-state index contributed by atoms with van der Waals surface area (Å²) in [4.78, 5) is 22.8. The van der Waals surface area contributed by atoms with E-state index in [-0.39, 0.29) is 22.4 Å². The van der Waals surface area contributed by atoms with Crippen molar-refractivity contribution in [3.63, 3.8) is 0 Å². The number of hydrogen-bond acceptors (Lipinski definition) is 7. The van der Waals surface area contributed by atoms with E-state index in [2.05, 4.69) is 20.7 Å². The van der Waals surface area contributed by atoms with Crippen LogP contribution in [-0.4, -0.2) is 37.6 Å². The highest BCUT2D eigenvalue weighted by Gasteiger charge is 2.17. The number of aromatic nitrogens is 3. The van der Waals surface area contributed by atoms with Crippen LogP contribution < -0.4 is 5.43 Å². The van der Waals surface area contributed by atoms with Gasteiger partial charge in [0.15, 0.2) is 11.0 Å². The zero-order chi connectivity index (χ0) is 25.7. The predicted molar refractivity (Wildman–Crippen MR) is 141 cm³/mol. The van der Waals surface area contributed by atoms with Crippen molar-refractivity contribution in [3.05, 3.63) is 98.0 Å². The summed E-state index contributed by atoms with van der Waals surface area (Å²) in [5.74, 6) is 0.252. The van der Waals surface area contributed by atoms with Gasteiger partial charge in [-0.3, -0.25) is 19.5 Å². The molecule has 0 radical (unpaired) electrons. The van der Waals surface area contributed by atoms with Gasteiger partial charge in [-0.25, -0.2) is 5.43 Å². The van der Waals surface area contributed by atoms with Crippen LogP contribution in [0.15, 0.2) is 77.0 Å². The van der Waals surface area contributed by atoms with Gasteiger partial charge in [0.25, 0.3) is 11.6 Å². The van der Waals surface area contributed by atoms with E-state index in [9.17, 15) is 14.9 Å². The van der Waals surface area contributed by atoms with E-state index >= 15 is 0 Å². The van der Waals surface area contributed by atoms with Crippen LogP contribution in [0.5, 0.6) is 0 Å². The molecule has 182 valence electrons. The van der Waals surface area contributed by atoms with Crippen molar-refractivity contribution in [1.82, 2.24) is 20.2 Å². The summed E-state index contributed by atoms with van der Waals surface area (Å²) in [6.45, 7) is 2.00. The molecule has 9 nitrogen and oxygen atoms in total. The van der Waals surface area contributed by atoms with Gasteiger partial charge in [0.05, 0.1) is 16.9 Å². The van der Waals surface area contributed by atoms with Gasteiger partial charge in [0.2, 0.25) is 0 Å². The lowest BCUT2D eigenvalue weighted by Crippen LogP contribution is -2.20. The second-order valence-electron chi connectivity index (χ2n) is 7.53. The minimum Gasteiger partial charge on any atom is -0.272 e. The van der Waals surface area contributed by atoms with Crippen molar-refractivity contribution < 1.29 is 9.72 Å². The monoisotopic (exact) mass is 540 g/mol. The largest absolute Gasteiger partial charge is 0.288 e. The molecule has 0 aliphatic rings. The minimum atomic E-state index is -0.587. The number of rotatable bonds is 8. The van der Waals surface area contributed by atoms with Crippen LogP contribution in [0.25, 0.3) is 17.1 Å². The van der Waals surface area contributed by atoms with Gasteiger partial charge >= 0.3 is 0 Å². The minimum absolute atomic E-state index is 0.0116. The third-order valence-corrected chi connectivity index (χ3v) is 6.43. The third-order valence-electron chi connectivity index (χ3n) is 4.93. The van der Waals surface area contributed by atoms with Gasteiger partial charge in [0.1, 0.15) is 5.02 Å². The van der Waals surface area contributed by atoms with E-state index in [4.69, 9.17) is 23.2 Å². The molecule has 1 N–H and O–H groups in total. The Bertz CT molecular complexity index is 1440. The maximum Gasteiger partial charge on any atom is 0.288 e. The Morgan fingerprint density at radius 2 is 1.83 bits per heavy atom. The molecule has 0 aliphatic heterocycles. The summed E-state index contributed by atoms with van der Waals surface area (Å²) >= 11 is 13.1. The number of benzene rings is 3. The van der Waals surface area contributed by atoms with E-state index in [0.717, 1.165) is 16.8 Å². The Balaban J connectivity index is 1.49. The van der Waals surface area contributed by atoms with Gasteiger partial charge in [-0.05, 0) is 37.3 Å². The van der Waals surface area contributed by atoms with Crippen molar-refractivity contribution in [3.8, 4) is 17.1 Å². The maximum absolute atomic E-state index is 12.4. The molecule has 0 aliphatic carbocycles. The number of hydrazone groups is 1. The lowest BCUT2D eigenvalue weighted by Gasteiger charge is -2.10. The molecule has 1 aromatic heterocycles. The molecule has 4 rings (SSSR count). The van der Waals surface area contributed by atoms with Crippen LogP contribution in [0.1, 0.15) is 11.1 Å². The summed E-state index contributed by atoms with van der Waals surface area (Å²) < 4.78 is 1.86.